The van der Waals surface area contributed by atoms with Crippen molar-refractivity contribution in [2.24, 2.45) is 0 Å². The largest absolute Gasteiger partial charge is 0.454 e. The second-order valence-electron chi connectivity index (χ2n) is 6.70. The Hall–Kier alpha value is -2.66. The molecule has 1 aromatic heterocycles. The highest BCUT2D eigenvalue weighted by Crippen LogP contribution is 2.35. The fourth-order valence-electron chi connectivity index (χ4n) is 3.71. The predicted octanol–water partition coefficient (Wildman–Crippen LogP) is 3.22. The molecule has 25 heavy (non-hydrogen) atoms. The van der Waals surface area contributed by atoms with Gasteiger partial charge in [-0.05, 0) is 41.3 Å². The Labute approximate surface area is 146 Å². The lowest BCUT2D eigenvalue weighted by Gasteiger charge is -2.36. The predicted molar refractivity (Wildman–Crippen MR) is 98.4 cm³/mol. The summed E-state index contributed by atoms with van der Waals surface area (Å²) in [5.74, 6) is 1.71. The SMILES string of the molecule is c1cc2cc(CN3CCN(c4ccc5c(c4)OCO5)CC3)ccc2[nH]1. The van der Waals surface area contributed by atoms with Gasteiger partial charge in [-0.3, -0.25) is 4.90 Å². The molecule has 2 aliphatic rings. The van der Waals surface area contributed by atoms with E-state index in [-0.39, 0.29) is 0 Å². The maximum Gasteiger partial charge on any atom is 0.231 e. The van der Waals surface area contributed by atoms with Crippen LogP contribution in [-0.4, -0.2) is 42.9 Å². The second kappa shape index (κ2) is 6.01. The van der Waals surface area contributed by atoms with E-state index in [0.717, 1.165) is 44.2 Å². The molecule has 1 saturated heterocycles. The molecular weight excluding hydrogens is 314 g/mol. The number of rotatable bonds is 3. The number of anilines is 1. The van der Waals surface area contributed by atoms with Crippen molar-refractivity contribution in [1.29, 1.82) is 0 Å². The summed E-state index contributed by atoms with van der Waals surface area (Å²) < 4.78 is 10.9. The smallest absolute Gasteiger partial charge is 0.231 e. The number of hydrogen-bond donors (Lipinski definition) is 1. The maximum atomic E-state index is 5.50. The standard InChI is InChI=1S/C20H21N3O2/c1-3-18-16(5-6-21-18)11-15(1)13-22-7-9-23(10-8-22)17-2-4-19-20(12-17)25-14-24-19/h1-6,11-12,21H,7-10,13-14H2. The van der Waals surface area contributed by atoms with E-state index in [1.165, 1.54) is 22.2 Å². The summed E-state index contributed by atoms with van der Waals surface area (Å²) in [6.45, 7) is 5.55. The fourth-order valence-corrected chi connectivity index (χ4v) is 3.71. The highest BCUT2D eigenvalue weighted by molar-refractivity contribution is 5.79. The van der Waals surface area contributed by atoms with E-state index < -0.39 is 0 Å². The normalized spacial score (nSPS) is 17.4. The topological polar surface area (TPSA) is 40.7 Å². The molecule has 128 valence electrons. The fraction of sp³-hybridized carbons (Fsp3) is 0.300. The van der Waals surface area contributed by atoms with Crippen LogP contribution >= 0.6 is 0 Å². The molecule has 0 atom stereocenters. The molecule has 1 N–H and O–H groups in total. The van der Waals surface area contributed by atoms with Crippen LogP contribution in [0.15, 0.2) is 48.7 Å². The van der Waals surface area contributed by atoms with E-state index in [0.29, 0.717) is 6.79 Å². The lowest BCUT2D eigenvalue weighted by molar-refractivity contribution is 0.174. The van der Waals surface area contributed by atoms with Crippen LogP contribution < -0.4 is 14.4 Å². The van der Waals surface area contributed by atoms with E-state index in [4.69, 9.17) is 9.47 Å². The third kappa shape index (κ3) is 2.81. The summed E-state index contributed by atoms with van der Waals surface area (Å²) in [6, 6.07) is 15.1. The first-order valence-electron chi connectivity index (χ1n) is 8.78. The monoisotopic (exact) mass is 335 g/mol. The van der Waals surface area contributed by atoms with Gasteiger partial charge in [-0.1, -0.05) is 6.07 Å². The van der Waals surface area contributed by atoms with E-state index in [2.05, 4.69) is 51.2 Å². The van der Waals surface area contributed by atoms with Gasteiger partial charge in [0.15, 0.2) is 11.5 Å². The minimum Gasteiger partial charge on any atom is -0.454 e. The Morgan fingerprint density at radius 3 is 2.68 bits per heavy atom. The molecule has 2 aliphatic heterocycles. The summed E-state index contributed by atoms with van der Waals surface area (Å²) in [5.41, 5.74) is 3.80. The van der Waals surface area contributed by atoms with Gasteiger partial charge in [0.2, 0.25) is 6.79 Å². The Balaban J connectivity index is 1.23. The van der Waals surface area contributed by atoms with Crippen LogP contribution in [0.25, 0.3) is 10.9 Å². The number of H-pyrrole nitrogens is 1. The van der Waals surface area contributed by atoms with Crippen molar-refractivity contribution in [1.82, 2.24) is 9.88 Å². The second-order valence-corrected chi connectivity index (χ2v) is 6.70. The summed E-state index contributed by atoms with van der Waals surface area (Å²) in [5, 5.41) is 1.29. The van der Waals surface area contributed by atoms with Gasteiger partial charge >= 0.3 is 0 Å². The number of ether oxygens (including phenoxy) is 2. The molecule has 1 fully saturated rings. The van der Waals surface area contributed by atoms with Gasteiger partial charge in [0, 0.05) is 56.2 Å². The quantitative estimate of drug-likeness (QED) is 0.798. The first kappa shape index (κ1) is 14.7. The van der Waals surface area contributed by atoms with Gasteiger partial charge in [-0.15, -0.1) is 0 Å². The minimum absolute atomic E-state index is 0.331. The number of benzene rings is 2. The first-order chi connectivity index (χ1) is 12.3. The third-order valence-corrected chi connectivity index (χ3v) is 5.12. The van der Waals surface area contributed by atoms with Crippen LogP contribution in [0.2, 0.25) is 0 Å². The zero-order valence-corrected chi connectivity index (χ0v) is 14.1. The molecule has 0 amide bonds. The van der Waals surface area contributed by atoms with Gasteiger partial charge in [0.25, 0.3) is 0 Å². The highest BCUT2D eigenvalue weighted by atomic mass is 16.7. The van der Waals surface area contributed by atoms with E-state index in [1.807, 2.05) is 12.3 Å². The summed E-state index contributed by atoms with van der Waals surface area (Å²) in [7, 11) is 0. The summed E-state index contributed by atoms with van der Waals surface area (Å²) >= 11 is 0. The minimum atomic E-state index is 0.331. The van der Waals surface area contributed by atoms with Crippen molar-refractivity contribution in [3.05, 3.63) is 54.2 Å². The number of aromatic nitrogens is 1. The summed E-state index contributed by atoms with van der Waals surface area (Å²) in [6.07, 6.45) is 2.00. The van der Waals surface area contributed by atoms with E-state index in [9.17, 15) is 0 Å². The molecule has 0 saturated carbocycles. The molecule has 5 nitrogen and oxygen atoms in total. The van der Waals surface area contributed by atoms with Crippen molar-refractivity contribution >= 4 is 16.6 Å². The highest BCUT2D eigenvalue weighted by Gasteiger charge is 2.20. The van der Waals surface area contributed by atoms with Crippen LogP contribution in [0.1, 0.15) is 5.56 Å². The maximum absolute atomic E-state index is 5.50. The van der Waals surface area contributed by atoms with Gasteiger partial charge < -0.3 is 19.4 Å². The molecule has 0 unspecified atom stereocenters. The van der Waals surface area contributed by atoms with Gasteiger partial charge in [0.05, 0.1) is 0 Å². The van der Waals surface area contributed by atoms with Crippen LogP contribution in [0.4, 0.5) is 5.69 Å². The number of aromatic amines is 1. The molecule has 3 aromatic rings. The Kier molecular flexibility index (Phi) is 3.52. The lowest BCUT2D eigenvalue weighted by Crippen LogP contribution is -2.45. The van der Waals surface area contributed by atoms with Crippen molar-refractivity contribution in [2.75, 3.05) is 37.9 Å². The van der Waals surface area contributed by atoms with Crippen molar-refractivity contribution < 1.29 is 9.47 Å². The van der Waals surface area contributed by atoms with Crippen molar-refractivity contribution in [3.63, 3.8) is 0 Å². The first-order valence-corrected chi connectivity index (χ1v) is 8.78. The van der Waals surface area contributed by atoms with Gasteiger partial charge in [0.1, 0.15) is 0 Å². The Morgan fingerprint density at radius 2 is 1.76 bits per heavy atom. The van der Waals surface area contributed by atoms with E-state index in [1.54, 1.807) is 0 Å². The van der Waals surface area contributed by atoms with Crippen LogP contribution in [0.5, 0.6) is 11.5 Å². The number of hydrogen-bond acceptors (Lipinski definition) is 4. The van der Waals surface area contributed by atoms with Crippen molar-refractivity contribution in [2.45, 2.75) is 6.54 Å². The van der Waals surface area contributed by atoms with Gasteiger partial charge in [-0.2, -0.15) is 0 Å². The van der Waals surface area contributed by atoms with Gasteiger partial charge in [-0.25, -0.2) is 0 Å². The number of nitrogens with zero attached hydrogens (tertiary/aromatic N) is 2. The number of fused-ring (bicyclic) bond motifs is 2. The average molecular weight is 335 g/mol. The molecule has 0 bridgehead atoms. The molecule has 5 heteroatoms. The van der Waals surface area contributed by atoms with Crippen LogP contribution in [0, 0.1) is 0 Å². The average Bonchev–Trinajstić information content (AvgIpc) is 3.30. The molecule has 0 radical (unpaired) electrons. The lowest BCUT2D eigenvalue weighted by atomic mass is 10.1. The number of nitrogens with one attached hydrogen (secondary N) is 1. The molecular formula is C20H21N3O2. The van der Waals surface area contributed by atoms with Crippen molar-refractivity contribution in [3.8, 4) is 11.5 Å². The zero-order valence-electron chi connectivity index (χ0n) is 14.1. The molecule has 0 aliphatic carbocycles. The Morgan fingerprint density at radius 1 is 0.880 bits per heavy atom. The molecule has 2 aromatic carbocycles. The number of piperazine rings is 1. The Bertz CT molecular complexity index is 897. The molecule has 5 rings (SSSR count). The molecule has 0 spiro atoms. The summed E-state index contributed by atoms with van der Waals surface area (Å²) in [4.78, 5) is 8.20. The zero-order chi connectivity index (χ0) is 16.6. The van der Waals surface area contributed by atoms with Crippen LogP contribution in [0.3, 0.4) is 0 Å². The third-order valence-electron chi connectivity index (χ3n) is 5.12. The van der Waals surface area contributed by atoms with Crippen LogP contribution in [-0.2, 0) is 6.54 Å². The van der Waals surface area contributed by atoms with E-state index >= 15 is 0 Å². The molecule has 3 heterocycles.